The number of furan rings is 1. The van der Waals surface area contributed by atoms with Crippen molar-refractivity contribution in [2.24, 2.45) is 0 Å². The average Bonchev–Trinajstić information content (AvgIpc) is 4.16. The summed E-state index contributed by atoms with van der Waals surface area (Å²) in [6, 6.07) is 79.7. The molecule has 0 amide bonds. The van der Waals surface area contributed by atoms with Crippen molar-refractivity contribution in [3.8, 4) is 22.7 Å². The minimum Gasteiger partial charge on any atom is -0.456 e. The van der Waals surface area contributed by atoms with Gasteiger partial charge in [-0.05, 0) is 97.1 Å². The molecule has 10 aromatic carbocycles. The number of hydrogen-bond donors (Lipinski definition) is 0. The normalized spacial score (nSPS) is 12.3. The third kappa shape index (κ3) is 4.71. The van der Waals surface area contributed by atoms with Gasteiger partial charge >= 0.3 is 0 Å². The van der Waals surface area contributed by atoms with Gasteiger partial charge in [0.05, 0.1) is 44.1 Å². The number of rotatable bonds is 4. The summed E-state index contributed by atoms with van der Waals surface area (Å²) >= 11 is 0. The number of para-hydroxylation sites is 6. The highest BCUT2D eigenvalue weighted by Crippen LogP contribution is 2.45. The molecule has 0 unspecified atom stereocenters. The van der Waals surface area contributed by atoms with E-state index in [9.17, 15) is 0 Å². The van der Waals surface area contributed by atoms with Gasteiger partial charge in [-0.3, -0.25) is 0 Å². The van der Waals surface area contributed by atoms with Gasteiger partial charge in [-0.15, -0.1) is 0 Å². The van der Waals surface area contributed by atoms with Crippen LogP contribution in [0, 0.1) is 0 Å². The van der Waals surface area contributed by atoms with Crippen molar-refractivity contribution in [1.29, 1.82) is 0 Å². The second kappa shape index (κ2) is 12.9. The molecule has 5 aromatic heterocycles. The summed E-state index contributed by atoms with van der Waals surface area (Å²) in [6.07, 6.45) is 0. The molecule has 0 saturated heterocycles. The number of hydrogen-bond acceptors (Lipinski definition) is 1. The van der Waals surface area contributed by atoms with Gasteiger partial charge in [0.1, 0.15) is 11.2 Å². The zero-order valence-electron chi connectivity index (χ0n) is 35.0. The second-order valence-electron chi connectivity index (χ2n) is 17.3. The van der Waals surface area contributed by atoms with Gasteiger partial charge in [0.25, 0.3) is 0 Å². The van der Waals surface area contributed by atoms with Gasteiger partial charge in [-0.2, -0.15) is 0 Å². The van der Waals surface area contributed by atoms with Gasteiger partial charge in [0.15, 0.2) is 0 Å². The maximum Gasteiger partial charge on any atom is 0.135 e. The van der Waals surface area contributed by atoms with E-state index in [1.54, 1.807) is 0 Å². The van der Waals surface area contributed by atoms with Crippen LogP contribution >= 0.6 is 0 Å². The lowest BCUT2D eigenvalue weighted by molar-refractivity contribution is 0.669. The van der Waals surface area contributed by atoms with Crippen molar-refractivity contribution in [3.05, 3.63) is 218 Å². The van der Waals surface area contributed by atoms with Crippen LogP contribution in [-0.4, -0.2) is 18.3 Å². The van der Waals surface area contributed by atoms with Crippen LogP contribution in [0.15, 0.2) is 223 Å². The summed E-state index contributed by atoms with van der Waals surface area (Å²) < 4.78 is 16.2. The molecule has 0 spiro atoms. The SMILES string of the molecule is c1ccc(-n2c3ccc(-n4c5ccccc5c5ccccc54)cc3c3ccc4c5cc(-n6c7ccccc7c7ccccc76)ccc5n(-c5ccc6oc7ccccc7c6c5)c4c32)cc1. The first kappa shape index (κ1) is 34.7. The smallest absolute Gasteiger partial charge is 0.135 e. The zero-order chi connectivity index (χ0) is 42.3. The Kier molecular flexibility index (Phi) is 6.89. The number of nitrogens with zero attached hydrogens (tertiary/aromatic N) is 4. The maximum absolute atomic E-state index is 6.39. The second-order valence-corrected chi connectivity index (χ2v) is 17.3. The molecule has 5 heterocycles. The van der Waals surface area contributed by atoms with Crippen LogP contribution in [0.1, 0.15) is 0 Å². The molecule has 5 heteroatoms. The Hall–Kier alpha value is -8.80. The summed E-state index contributed by atoms with van der Waals surface area (Å²) in [5.74, 6) is 0. The van der Waals surface area contributed by atoms with Crippen molar-refractivity contribution >= 4 is 109 Å². The van der Waals surface area contributed by atoms with Crippen LogP contribution in [0.5, 0.6) is 0 Å². The highest BCUT2D eigenvalue weighted by Gasteiger charge is 2.24. The van der Waals surface area contributed by atoms with Gasteiger partial charge < -0.3 is 22.7 Å². The molecular weight excluding hydrogens is 793 g/mol. The molecule has 0 radical (unpaired) electrons. The molecule has 0 N–H and O–H groups in total. The van der Waals surface area contributed by atoms with Crippen molar-refractivity contribution < 1.29 is 4.42 Å². The lowest BCUT2D eigenvalue weighted by atomic mass is 10.1. The summed E-state index contributed by atoms with van der Waals surface area (Å²) in [5, 5.41) is 12.0. The molecule has 15 aromatic rings. The summed E-state index contributed by atoms with van der Waals surface area (Å²) in [4.78, 5) is 0. The van der Waals surface area contributed by atoms with E-state index >= 15 is 0 Å². The molecule has 0 aliphatic heterocycles. The van der Waals surface area contributed by atoms with Gasteiger partial charge in [-0.1, -0.05) is 121 Å². The van der Waals surface area contributed by atoms with Crippen LogP contribution < -0.4 is 0 Å². The molecule has 65 heavy (non-hydrogen) atoms. The summed E-state index contributed by atoms with van der Waals surface area (Å²) in [6.45, 7) is 0. The zero-order valence-corrected chi connectivity index (χ0v) is 35.0. The predicted molar refractivity (Wildman–Crippen MR) is 271 cm³/mol. The number of benzene rings is 10. The topological polar surface area (TPSA) is 32.9 Å². The third-order valence-corrected chi connectivity index (χ3v) is 13.9. The van der Waals surface area contributed by atoms with E-state index in [-0.39, 0.29) is 0 Å². The lowest BCUT2D eigenvalue weighted by Crippen LogP contribution is -1.99. The Morgan fingerprint density at radius 1 is 0.215 bits per heavy atom. The summed E-state index contributed by atoms with van der Waals surface area (Å²) in [7, 11) is 0. The molecule has 15 rings (SSSR count). The molecule has 0 atom stereocenters. The average molecular weight is 829 g/mol. The Bertz CT molecular complexity index is 4370. The van der Waals surface area contributed by atoms with E-state index < -0.39 is 0 Å². The van der Waals surface area contributed by atoms with E-state index in [1.165, 1.54) is 65.2 Å². The molecule has 0 bridgehead atoms. The third-order valence-electron chi connectivity index (χ3n) is 13.9. The number of aromatic nitrogens is 4. The van der Waals surface area contributed by atoms with E-state index in [4.69, 9.17) is 4.42 Å². The fraction of sp³-hybridized carbons (Fsp3) is 0. The molecule has 0 saturated carbocycles. The Morgan fingerprint density at radius 3 is 1.11 bits per heavy atom. The van der Waals surface area contributed by atoms with Gasteiger partial charge in [-0.25, -0.2) is 0 Å². The molecular formula is C60H36N4O. The fourth-order valence-corrected chi connectivity index (χ4v) is 11.2. The predicted octanol–water partition coefficient (Wildman–Crippen LogP) is 16.0. The van der Waals surface area contributed by atoms with Crippen LogP contribution in [0.3, 0.4) is 0 Å². The van der Waals surface area contributed by atoms with Gasteiger partial charge in [0.2, 0.25) is 0 Å². The van der Waals surface area contributed by atoms with Crippen LogP contribution in [-0.2, 0) is 0 Å². The first-order valence-electron chi connectivity index (χ1n) is 22.3. The monoisotopic (exact) mass is 828 g/mol. The largest absolute Gasteiger partial charge is 0.456 e. The van der Waals surface area contributed by atoms with E-state index in [2.05, 4.69) is 231 Å². The van der Waals surface area contributed by atoms with Crippen molar-refractivity contribution in [2.75, 3.05) is 0 Å². The van der Waals surface area contributed by atoms with E-state index in [0.29, 0.717) is 0 Å². The minimum absolute atomic E-state index is 0.880. The van der Waals surface area contributed by atoms with Crippen LogP contribution in [0.4, 0.5) is 0 Å². The molecule has 302 valence electrons. The fourth-order valence-electron chi connectivity index (χ4n) is 11.2. The van der Waals surface area contributed by atoms with Crippen molar-refractivity contribution in [2.45, 2.75) is 0 Å². The molecule has 0 aliphatic rings. The summed E-state index contributed by atoms with van der Waals surface area (Å²) in [5.41, 5.74) is 15.6. The standard InChI is InChI=1S/C60H36N4O/c1-2-14-37(15-3-1)63-55-31-26-38(61-51-21-9-4-16-41(51)42-17-5-10-22-52(42)61)34-48(55)46-29-30-47-49-35-39(62-53-23-11-6-18-43(53)44-19-7-12-24-54(44)62)27-32-56(49)64(60(47)59(46)63)40-28-33-58-50(36-40)45-20-8-13-25-57(45)65-58/h1-36H. The Morgan fingerprint density at radius 2 is 0.585 bits per heavy atom. The minimum atomic E-state index is 0.880. The van der Waals surface area contributed by atoms with Crippen molar-refractivity contribution in [3.63, 3.8) is 0 Å². The first-order chi connectivity index (χ1) is 32.3. The van der Waals surface area contributed by atoms with E-state index in [1.807, 2.05) is 6.07 Å². The van der Waals surface area contributed by atoms with Crippen LogP contribution in [0.2, 0.25) is 0 Å². The van der Waals surface area contributed by atoms with Gasteiger partial charge in [0, 0.05) is 76.6 Å². The highest BCUT2D eigenvalue weighted by atomic mass is 16.3. The van der Waals surface area contributed by atoms with E-state index in [0.717, 1.165) is 66.8 Å². The molecule has 0 aliphatic carbocycles. The quantitative estimate of drug-likeness (QED) is 0.174. The first-order valence-corrected chi connectivity index (χ1v) is 22.3. The number of fused-ring (bicyclic) bond motifs is 16. The molecule has 0 fully saturated rings. The Labute approximate surface area is 371 Å². The maximum atomic E-state index is 6.39. The van der Waals surface area contributed by atoms with Crippen LogP contribution in [0.25, 0.3) is 132 Å². The highest BCUT2D eigenvalue weighted by molar-refractivity contribution is 6.25. The van der Waals surface area contributed by atoms with Crippen molar-refractivity contribution in [1.82, 2.24) is 18.3 Å². The molecule has 5 nitrogen and oxygen atoms in total. The Balaban J connectivity index is 1.09. The lowest BCUT2D eigenvalue weighted by Gasteiger charge is -2.13.